The Morgan fingerprint density at radius 1 is 0.871 bits per heavy atom. The molecule has 2 fully saturated rings. The fourth-order valence-corrected chi connectivity index (χ4v) is 9.78. The fraction of sp³-hybridized carbons (Fsp3) is 0.462. The molecule has 2 aromatic carbocycles. The molecule has 0 radical (unpaired) electrons. The highest BCUT2D eigenvalue weighted by molar-refractivity contribution is 6.98. The fourth-order valence-electron chi connectivity index (χ4n) is 4.86. The summed E-state index contributed by atoms with van der Waals surface area (Å²) in [5.74, 6) is 2.51. The van der Waals surface area contributed by atoms with Crippen molar-refractivity contribution in [2.24, 2.45) is 5.92 Å². The third kappa shape index (κ3) is 3.76. The van der Waals surface area contributed by atoms with Gasteiger partial charge in [0.1, 0.15) is 0 Å². The number of hydrogen-bond acceptors (Lipinski definition) is 3. The third-order valence-electron chi connectivity index (χ3n) is 7.84. The molecule has 0 aliphatic carbocycles. The molecule has 2 aliphatic rings. The van der Waals surface area contributed by atoms with Crippen LogP contribution >= 0.6 is 0 Å². The van der Waals surface area contributed by atoms with E-state index >= 15 is 0 Å². The second-order valence-electron chi connectivity index (χ2n) is 10.3. The van der Waals surface area contributed by atoms with E-state index in [9.17, 15) is 0 Å². The van der Waals surface area contributed by atoms with Crippen molar-refractivity contribution in [3.8, 4) is 0 Å². The van der Waals surface area contributed by atoms with Crippen LogP contribution in [-0.2, 0) is 13.7 Å². The van der Waals surface area contributed by atoms with E-state index in [0.717, 1.165) is 6.04 Å². The molecular formula is C26H35BO3Si. The molecule has 31 heavy (non-hydrogen) atoms. The van der Waals surface area contributed by atoms with Gasteiger partial charge < -0.3 is 13.7 Å². The molecule has 164 valence electrons. The summed E-state index contributed by atoms with van der Waals surface area (Å²) >= 11 is 0. The first-order valence-electron chi connectivity index (χ1n) is 11.4. The van der Waals surface area contributed by atoms with E-state index < -0.39 is 8.32 Å². The molecule has 0 spiro atoms. The summed E-state index contributed by atoms with van der Waals surface area (Å²) in [6.45, 7) is 15.1. The highest BCUT2D eigenvalue weighted by atomic mass is 28.4. The Kier molecular flexibility index (Phi) is 5.62. The molecule has 0 bridgehead atoms. The lowest BCUT2D eigenvalue weighted by Crippen LogP contribution is -2.59. The quantitative estimate of drug-likeness (QED) is 0.650. The minimum atomic E-state index is -2.38. The second kappa shape index (κ2) is 7.73. The molecule has 0 amide bonds. The highest BCUT2D eigenvalue weighted by Crippen LogP contribution is 2.45. The third-order valence-corrected chi connectivity index (χ3v) is 12.3. The van der Waals surface area contributed by atoms with Crippen LogP contribution in [0.2, 0.25) is 6.04 Å². The van der Waals surface area contributed by atoms with Crippen LogP contribution in [0.25, 0.3) is 0 Å². The molecule has 4 rings (SSSR count). The molecule has 2 aliphatic heterocycles. The Morgan fingerprint density at radius 3 is 1.77 bits per heavy atom. The molecule has 0 N–H and O–H groups in total. The molecule has 0 saturated carbocycles. The van der Waals surface area contributed by atoms with E-state index in [0.29, 0.717) is 5.92 Å². The van der Waals surface area contributed by atoms with Crippen LogP contribution in [0.3, 0.4) is 0 Å². The van der Waals surface area contributed by atoms with E-state index in [2.05, 4.69) is 115 Å². The van der Waals surface area contributed by atoms with Gasteiger partial charge >= 0.3 is 7.12 Å². The number of hydrogen-bond donors (Lipinski definition) is 0. The van der Waals surface area contributed by atoms with Gasteiger partial charge in [-0.1, -0.05) is 79.1 Å². The summed E-state index contributed by atoms with van der Waals surface area (Å²) in [5.41, 5.74) is 0.120. The predicted octanol–water partition coefficient (Wildman–Crippen LogP) is 4.75. The summed E-state index contributed by atoms with van der Waals surface area (Å²) in [6, 6.07) is 22.7. The van der Waals surface area contributed by atoms with Gasteiger partial charge in [-0.2, -0.15) is 0 Å². The number of benzene rings is 2. The van der Waals surface area contributed by atoms with Crippen molar-refractivity contribution in [3.63, 3.8) is 0 Å². The minimum absolute atomic E-state index is 0.343. The van der Waals surface area contributed by atoms with Gasteiger partial charge in [0.25, 0.3) is 8.32 Å². The van der Waals surface area contributed by atoms with Gasteiger partial charge in [0.15, 0.2) is 0 Å². The van der Waals surface area contributed by atoms with Crippen molar-refractivity contribution in [2.75, 3.05) is 0 Å². The molecule has 2 saturated heterocycles. The lowest BCUT2D eigenvalue weighted by atomic mass is 9.78. The standard InChI is InChI=1S/C26H35BO3Si/c1-20(18-27-28-24(3,4)25(5,6)29-27)26(7)21(2)19-31(30-26,22-14-10-8-11-15-22)23-16-12-9-13-17-23/h8-18,21H,19H2,1-7H3/b20-18+/t21-,26-/m0/s1. The van der Waals surface area contributed by atoms with Gasteiger partial charge in [-0.15, -0.1) is 0 Å². The van der Waals surface area contributed by atoms with Gasteiger partial charge in [0, 0.05) is 0 Å². The summed E-state index contributed by atoms with van der Waals surface area (Å²) in [5, 5.41) is 2.67. The lowest BCUT2D eigenvalue weighted by Gasteiger charge is -2.35. The van der Waals surface area contributed by atoms with Gasteiger partial charge in [-0.25, -0.2) is 0 Å². The van der Waals surface area contributed by atoms with Gasteiger partial charge in [-0.3, -0.25) is 0 Å². The Hall–Kier alpha value is -1.66. The van der Waals surface area contributed by atoms with E-state index in [1.54, 1.807) is 0 Å². The Balaban J connectivity index is 1.72. The second-order valence-corrected chi connectivity index (χ2v) is 13.8. The van der Waals surface area contributed by atoms with E-state index in [1.807, 2.05) is 0 Å². The first-order chi connectivity index (χ1) is 14.5. The first-order valence-corrected chi connectivity index (χ1v) is 13.5. The van der Waals surface area contributed by atoms with Gasteiger partial charge in [0.05, 0.1) is 16.8 Å². The van der Waals surface area contributed by atoms with Crippen LogP contribution in [0.1, 0.15) is 48.5 Å². The van der Waals surface area contributed by atoms with Crippen molar-refractivity contribution >= 4 is 25.8 Å². The van der Waals surface area contributed by atoms with Crippen LogP contribution in [0, 0.1) is 5.92 Å². The molecule has 2 heterocycles. The van der Waals surface area contributed by atoms with Crippen molar-refractivity contribution in [1.29, 1.82) is 0 Å². The van der Waals surface area contributed by atoms with Crippen LogP contribution in [0.4, 0.5) is 0 Å². The molecule has 3 nitrogen and oxygen atoms in total. The van der Waals surface area contributed by atoms with Crippen LogP contribution < -0.4 is 10.4 Å². The maximum atomic E-state index is 7.26. The molecule has 5 heteroatoms. The molecule has 2 atom stereocenters. The molecule has 0 unspecified atom stereocenters. The SMILES string of the molecule is C/C(=C\B1OC(C)(C)C(C)(C)O1)[C@]1(C)O[Si](c2ccccc2)(c2ccccc2)C[C@@H]1C. The zero-order chi connectivity index (χ0) is 22.5. The summed E-state index contributed by atoms with van der Waals surface area (Å²) in [7, 11) is -2.74. The van der Waals surface area contributed by atoms with Crippen molar-refractivity contribution in [3.05, 3.63) is 72.2 Å². The molecule has 0 aromatic heterocycles. The Bertz CT molecular complexity index is 902. The predicted molar refractivity (Wildman–Crippen MR) is 131 cm³/mol. The summed E-state index contributed by atoms with van der Waals surface area (Å²) in [4.78, 5) is 0. The largest absolute Gasteiger partial charge is 0.487 e. The summed E-state index contributed by atoms with van der Waals surface area (Å²) in [6.07, 6.45) is 0. The van der Waals surface area contributed by atoms with Gasteiger partial charge in [0.2, 0.25) is 0 Å². The average molecular weight is 434 g/mol. The van der Waals surface area contributed by atoms with E-state index in [-0.39, 0.29) is 23.9 Å². The first kappa shape index (κ1) is 22.5. The maximum Gasteiger partial charge on any atom is 0.487 e. The van der Waals surface area contributed by atoms with Crippen LogP contribution in [0.15, 0.2) is 72.2 Å². The Labute approximate surface area is 189 Å². The van der Waals surface area contributed by atoms with E-state index in [4.69, 9.17) is 13.7 Å². The lowest BCUT2D eigenvalue weighted by molar-refractivity contribution is 0.00578. The smallest absolute Gasteiger partial charge is 0.400 e. The Morgan fingerprint density at radius 2 is 1.32 bits per heavy atom. The highest BCUT2D eigenvalue weighted by Gasteiger charge is 2.57. The zero-order valence-electron chi connectivity index (χ0n) is 19.9. The van der Waals surface area contributed by atoms with Crippen molar-refractivity contribution in [1.82, 2.24) is 0 Å². The van der Waals surface area contributed by atoms with Crippen molar-refractivity contribution < 1.29 is 13.7 Å². The van der Waals surface area contributed by atoms with Crippen LogP contribution in [0.5, 0.6) is 0 Å². The van der Waals surface area contributed by atoms with E-state index in [1.165, 1.54) is 15.9 Å². The molecule has 2 aromatic rings. The normalized spacial score (nSPS) is 29.3. The minimum Gasteiger partial charge on any atom is -0.400 e. The van der Waals surface area contributed by atoms with Crippen LogP contribution in [-0.4, -0.2) is 32.2 Å². The van der Waals surface area contributed by atoms with Gasteiger partial charge in [-0.05, 0) is 63.9 Å². The average Bonchev–Trinajstić information content (AvgIpc) is 3.12. The number of rotatable bonds is 4. The van der Waals surface area contributed by atoms with Crippen molar-refractivity contribution in [2.45, 2.75) is 71.3 Å². The zero-order valence-corrected chi connectivity index (χ0v) is 20.9. The molecular weight excluding hydrogens is 399 g/mol. The summed E-state index contributed by atoms with van der Waals surface area (Å²) < 4.78 is 19.8. The monoisotopic (exact) mass is 434 g/mol. The topological polar surface area (TPSA) is 27.7 Å². The maximum absolute atomic E-state index is 7.26.